The molecule has 1 aromatic heterocycles. The van der Waals surface area contributed by atoms with Crippen molar-refractivity contribution in [3.05, 3.63) is 54.1 Å². The molecule has 0 spiro atoms. The van der Waals surface area contributed by atoms with E-state index >= 15 is 0 Å². The molecule has 5 heteroatoms. The maximum Gasteiger partial charge on any atom is 0.123 e. The predicted octanol–water partition coefficient (Wildman–Crippen LogP) is 1.83. The van der Waals surface area contributed by atoms with Gasteiger partial charge in [0.25, 0.3) is 0 Å². The Balaban J connectivity index is 1.69. The van der Waals surface area contributed by atoms with Crippen molar-refractivity contribution < 1.29 is 9.50 Å². The van der Waals surface area contributed by atoms with Crippen molar-refractivity contribution >= 4 is 0 Å². The lowest BCUT2D eigenvalue weighted by atomic mass is 10.0. The van der Waals surface area contributed by atoms with Gasteiger partial charge in [-0.25, -0.2) is 4.39 Å². The Morgan fingerprint density at radius 2 is 2.05 bits per heavy atom. The van der Waals surface area contributed by atoms with Crippen LogP contribution in [0.5, 0.6) is 0 Å². The first-order chi connectivity index (χ1) is 9.72. The smallest absolute Gasteiger partial charge is 0.123 e. The highest BCUT2D eigenvalue weighted by Gasteiger charge is 2.31. The minimum absolute atomic E-state index is 0.154. The quantitative estimate of drug-likeness (QED) is 0.925. The topological polar surface area (TPSA) is 41.3 Å². The molecule has 0 aliphatic carbocycles. The van der Waals surface area contributed by atoms with Gasteiger partial charge in [-0.1, -0.05) is 12.1 Å². The van der Waals surface area contributed by atoms with E-state index in [0.29, 0.717) is 13.0 Å². The van der Waals surface area contributed by atoms with Gasteiger partial charge in [-0.2, -0.15) is 5.10 Å². The lowest BCUT2D eigenvalue weighted by Crippen LogP contribution is -2.28. The first-order valence-corrected chi connectivity index (χ1v) is 6.87. The molecule has 2 heterocycles. The second kappa shape index (κ2) is 5.73. The summed E-state index contributed by atoms with van der Waals surface area (Å²) < 4.78 is 14.9. The summed E-state index contributed by atoms with van der Waals surface area (Å²) in [6.07, 6.45) is 4.07. The van der Waals surface area contributed by atoms with E-state index in [0.717, 1.165) is 18.7 Å². The first kappa shape index (κ1) is 13.3. The van der Waals surface area contributed by atoms with Crippen LogP contribution in [0.1, 0.15) is 18.0 Å². The van der Waals surface area contributed by atoms with Gasteiger partial charge < -0.3 is 5.11 Å². The van der Waals surface area contributed by atoms with Crippen molar-refractivity contribution in [3.63, 3.8) is 0 Å². The fourth-order valence-corrected chi connectivity index (χ4v) is 2.82. The Kier molecular flexibility index (Phi) is 3.80. The Hall–Kier alpha value is -1.72. The molecule has 2 atom stereocenters. The summed E-state index contributed by atoms with van der Waals surface area (Å²) in [6, 6.07) is 8.62. The third-order valence-electron chi connectivity index (χ3n) is 3.81. The number of aliphatic hydroxyl groups is 1. The number of halogens is 1. The van der Waals surface area contributed by atoms with Crippen LogP contribution in [-0.2, 0) is 6.54 Å². The summed E-state index contributed by atoms with van der Waals surface area (Å²) in [6.45, 7) is 2.27. The number of hydrogen-bond acceptors (Lipinski definition) is 3. The summed E-state index contributed by atoms with van der Waals surface area (Å²) in [4.78, 5) is 2.24. The van der Waals surface area contributed by atoms with Gasteiger partial charge in [-0.05, 0) is 30.2 Å². The zero-order chi connectivity index (χ0) is 13.9. The highest BCUT2D eigenvalue weighted by molar-refractivity contribution is 5.21. The highest BCUT2D eigenvalue weighted by atomic mass is 19.1. The van der Waals surface area contributed by atoms with Gasteiger partial charge in [0.1, 0.15) is 5.82 Å². The summed E-state index contributed by atoms with van der Waals surface area (Å²) in [5.41, 5.74) is 1.06. The van der Waals surface area contributed by atoms with Crippen LogP contribution in [0.25, 0.3) is 0 Å². The third kappa shape index (κ3) is 2.89. The zero-order valence-electron chi connectivity index (χ0n) is 11.2. The molecule has 1 aromatic carbocycles. The van der Waals surface area contributed by atoms with Crippen molar-refractivity contribution in [2.24, 2.45) is 0 Å². The fraction of sp³-hybridized carbons (Fsp3) is 0.400. The van der Waals surface area contributed by atoms with Crippen molar-refractivity contribution in [2.45, 2.75) is 25.1 Å². The number of aromatic nitrogens is 2. The minimum Gasteiger partial charge on any atom is -0.392 e. The lowest BCUT2D eigenvalue weighted by Gasteiger charge is -2.24. The minimum atomic E-state index is -0.317. The number of rotatable bonds is 4. The van der Waals surface area contributed by atoms with Gasteiger partial charge in [0.05, 0.1) is 12.6 Å². The van der Waals surface area contributed by atoms with E-state index in [1.165, 1.54) is 12.1 Å². The van der Waals surface area contributed by atoms with E-state index in [1.807, 2.05) is 16.9 Å². The molecule has 0 bridgehead atoms. The van der Waals surface area contributed by atoms with Crippen molar-refractivity contribution in [1.29, 1.82) is 0 Å². The molecule has 1 saturated heterocycles. The predicted molar refractivity (Wildman–Crippen MR) is 73.6 cm³/mol. The van der Waals surface area contributed by atoms with Crippen molar-refractivity contribution in [2.75, 3.05) is 13.1 Å². The maximum absolute atomic E-state index is 13.0. The molecular formula is C15H18FN3O. The number of β-amino-alcohol motifs (C(OH)–C–C–N with tert-alkyl or cyclic N) is 1. The maximum atomic E-state index is 13.0. The van der Waals surface area contributed by atoms with Gasteiger partial charge in [-0.3, -0.25) is 9.58 Å². The average Bonchev–Trinajstić information content (AvgIpc) is 3.06. The van der Waals surface area contributed by atoms with Gasteiger partial charge in [0.2, 0.25) is 0 Å². The van der Waals surface area contributed by atoms with E-state index in [9.17, 15) is 9.50 Å². The normalized spacial score (nSPS) is 23.3. The van der Waals surface area contributed by atoms with Crippen LogP contribution in [0.2, 0.25) is 0 Å². The monoisotopic (exact) mass is 275 g/mol. The Labute approximate surface area is 117 Å². The van der Waals surface area contributed by atoms with Gasteiger partial charge >= 0.3 is 0 Å². The molecule has 1 N–H and O–H groups in total. The van der Waals surface area contributed by atoms with E-state index in [4.69, 9.17) is 0 Å². The lowest BCUT2D eigenvalue weighted by molar-refractivity contribution is 0.172. The Morgan fingerprint density at radius 1 is 1.25 bits per heavy atom. The van der Waals surface area contributed by atoms with Gasteiger partial charge in [0.15, 0.2) is 0 Å². The molecule has 106 valence electrons. The number of nitrogens with zero attached hydrogens (tertiary/aromatic N) is 3. The van der Waals surface area contributed by atoms with Crippen LogP contribution in [-0.4, -0.2) is 39.0 Å². The fourth-order valence-electron chi connectivity index (χ4n) is 2.82. The van der Waals surface area contributed by atoms with E-state index < -0.39 is 0 Å². The molecule has 2 aromatic rings. The molecule has 1 aliphatic heterocycles. The molecule has 3 rings (SSSR count). The summed E-state index contributed by atoms with van der Waals surface area (Å²) in [5.74, 6) is -0.226. The highest BCUT2D eigenvalue weighted by Crippen LogP contribution is 2.31. The number of aliphatic hydroxyl groups excluding tert-OH is 1. The van der Waals surface area contributed by atoms with Crippen LogP contribution >= 0.6 is 0 Å². The van der Waals surface area contributed by atoms with Gasteiger partial charge in [0, 0.05) is 31.5 Å². The number of benzene rings is 1. The van der Waals surface area contributed by atoms with Crippen LogP contribution < -0.4 is 0 Å². The summed E-state index contributed by atoms with van der Waals surface area (Å²) in [7, 11) is 0. The number of likely N-dealkylation sites (tertiary alicyclic amines) is 1. The molecule has 0 amide bonds. The SMILES string of the molecule is O[C@H]1C[C@H](c2ccc(F)cc2)N(CCn2cccn2)C1. The van der Waals surface area contributed by atoms with Crippen molar-refractivity contribution in [1.82, 2.24) is 14.7 Å². The molecule has 4 nitrogen and oxygen atoms in total. The standard InChI is InChI=1S/C15H18FN3O/c16-13-4-2-12(3-5-13)15-10-14(20)11-18(15)8-9-19-7-1-6-17-19/h1-7,14-15,20H,8-11H2/t14-,15+/m0/s1. The van der Waals surface area contributed by atoms with Gasteiger partial charge in [-0.15, -0.1) is 0 Å². The zero-order valence-corrected chi connectivity index (χ0v) is 11.2. The second-order valence-electron chi connectivity index (χ2n) is 5.22. The van der Waals surface area contributed by atoms with E-state index in [-0.39, 0.29) is 18.0 Å². The van der Waals surface area contributed by atoms with E-state index in [1.54, 1.807) is 18.3 Å². The van der Waals surface area contributed by atoms with Crippen LogP contribution in [0.15, 0.2) is 42.7 Å². The molecule has 0 radical (unpaired) electrons. The molecule has 0 saturated carbocycles. The summed E-state index contributed by atoms with van der Waals surface area (Å²) in [5, 5.41) is 14.1. The molecular weight excluding hydrogens is 257 g/mol. The molecule has 0 unspecified atom stereocenters. The van der Waals surface area contributed by atoms with Crippen LogP contribution in [0.3, 0.4) is 0 Å². The second-order valence-corrected chi connectivity index (χ2v) is 5.22. The Bertz CT molecular complexity index is 541. The summed E-state index contributed by atoms with van der Waals surface area (Å²) >= 11 is 0. The first-order valence-electron chi connectivity index (χ1n) is 6.87. The molecule has 1 aliphatic rings. The van der Waals surface area contributed by atoms with Crippen molar-refractivity contribution in [3.8, 4) is 0 Å². The molecule has 1 fully saturated rings. The van der Waals surface area contributed by atoms with E-state index in [2.05, 4.69) is 10.00 Å². The number of hydrogen-bond donors (Lipinski definition) is 1. The third-order valence-corrected chi connectivity index (χ3v) is 3.81. The van der Waals surface area contributed by atoms with Crippen LogP contribution in [0.4, 0.5) is 4.39 Å². The largest absolute Gasteiger partial charge is 0.392 e. The van der Waals surface area contributed by atoms with Crippen LogP contribution in [0, 0.1) is 5.82 Å². The molecule has 20 heavy (non-hydrogen) atoms. The Morgan fingerprint density at radius 3 is 2.75 bits per heavy atom. The average molecular weight is 275 g/mol.